The summed E-state index contributed by atoms with van der Waals surface area (Å²) in [5.41, 5.74) is 7.30. The zero-order valence-electron chi connectivity index (χ0n) is 21.9. The molecule has 2 aromatic rings. The minimum absolute atomic E-state index is 0.0126. The molecule has 1 heterocycles. The highest BCUT2D eigenvalue weighted by Crippen LogP contribution is 2.11. The molecule has 13 heteroatoms. The number of carboxylic acid groups (broad SMARTS) is 2. The zero-order chi connectivity index (χ0) is 28.9. The van der Waals surface area contributed by atoms with Crippen LogP contribution in [0.25, 0.3) is 0 Å². The van der Waals surface area contributed by atoms with Crippen molar-refractivity contribution >= 4 is 29.7 Å². The van der Waals surface area contributed by atoms with Crippen LogP contribution in [0.5, 0.6) is 0 Å². The van der Waals surface area contributed by atoms with E-state index in [4.69, 9.17) is 10.8 Å². The van der Waals surface area contributed by atoms with Crippen molar-refractivity contribution in [3.8, 4) is 0 Å². The highest BCUT2D eigenvalue weighted by atomic mass is 16.4. The first-order valence-electron chi connectivity index (χ1n) is 12.6. The molecule has 3 amide bonds. The van der Waals surface area contributed by atoms with E-state index in [1.807, 2.05) is 6.92 Å². The maximum atomic E-state index is 13.3. The van der Waals surface area contributed by atoms with Crippen LogP contribution in [0.4, 0.5) is 0 Å². The van der Waals surface area contributed by atoms with Crippen LogP contribution in [0, 0.1) is 5.92 Å². The van der Waals surface area contributed by atoms with Crippen LogP contribution in [0.15, 0.2) is 42.9 Å². The maximum Gasteiger partial charge on any atom is 0.326 e. The molecule has 0 saturated carbocycles. The predicted molar refractivity (Wildman–Crippen MR) is 140 cm³/mol. The summed E-state index contributed by atoms with van der Waals surface area (Å²) in [6, 6.07) is 3.94. The number of aromatic nitrogens is 2. The van der Waals surface area contributed by atoms with Gasteiger partial charge in [-0.1, -0.05) is 50.6 Å². The van der Waals surface area contributed by atoms with E-state index in [0.29, 0.717) is 17.7 Å². The molecule has 0 aliphatic rings. The third kappa shape index (κ3) is 10.2. The van der Waals surface area contributed by atoms with Crippen molar-refractivity contribution < 1.29 is 34.2 Å². The Balaban J connectivity index is 2.15. The second-order valence-corrected chi connectivity index (χ2v) is 9.34. The summed E-state index contributed by atoms with van der Waals surface area (Å²) in [5, 5.41) is 26.3. The number of carboxylic acids is 2. The van der Waals surface area contributed by atoms with Crippen LogP contribution in [0.1, 0.15) is 44.4 Å². The van der Waals surface area contributed by atoms with E-state index in [0.717, 1.165) is 0 Å². The number of hydrogen-bond acceptors (Lipinski definition) is 7. The molecule has 0 saturated heterocycles. The Morgan fingerprint density at radius 3 is 2.18 bits per heavy atom. The summed E-state index contributed by atoms with van der Waals surface area (Å²) in [6.07, 6.45) is 2.88. The van der Waals surface area contributed by atoms with E-state index in [-0.39, 0.29) is 25.2 Å². The Labute approximate surface area is 226 Å². The van der Waals surface area contributed by atoms with Gasteiger partial charge in [-0.25, -0.2) is 9.78 Å². The molecule has 39 heavy (non-hydrogen) atoms. The zero-order valence-corrected chi connectivity index (χ0v) is 21.9. The van der Waals surface area contributed by atoms with Gasteiger partial charge in [-0.2, -0.15) is 0 Å². The molecule has 212 valence electrons. The highest BCUT2D eigenvalue weighted by Gasteiger charge is 2.32. The van der Waals surface area contributed by atoms with Gasteiger partial charge in [0.05, 0.1) is 12.4 Å². The number of amides is 3. The number of benzene rings is 1. The van der Waals surface area contributed by atoms with Crippen LogP contribution < -0.4 is 21.7 Å². The van der Waals surface area contributed by atoms with Crippen molar-refractivity contribution in [2.24, 2.45) is 11.7 Å². The molecule has 0 aliphatic carbocycles. The molecular weight excluding hydrogens is 508 g/mol. The van der Waals surface area contributed by atoms with Crippen molar-refractivity contribution in [2.75, 3.05) is 0 Å². The topological polar surface area (TPSA) is 217 Å². The molecule has 0 bridgehead atoms. The van der Waals surface area contributed by atoms with Gasteiger partial charge in [-0.05, 0) is 17.9 Å². The van der Waals surface area contributed by atoms with E-state index < -0.39 is 60.2 Å². The van der Waals surface area contributed by atoms with Gasteiger partial charge in [0.1, 0.15) is 18.1 Å². The normalized spacial score (nSPS) is 14.7. The fourth-order valence-corrected chi connectivity index (χ4v) is 3.81. The molecule has 1 aromatic carbocycles. The number of imidazole rings is 1. The number of nitrogens with one attached hydrogen (secondary N) is 4. The van der Waals surface area contributed by atoms with E-state index >= 15 is 0 Å². The van der Waals surface area contributed by atoms with Gasteiger partial charge in [0.25, 0.3) is 0 Å². The van der Waals surface area contributed by atoms with E-state index in [9.17, 15) is 29.1 Å². The van der Waals surface area contributed by atoms with Gasteiger partial charge in [0.2, 0.25) is 17.7 Å². The standard InChI is InChI=1S/C26H36N6O7/c1-3-15(2)22(32-23(35)18(27)12-17-13-28-14-29-17)25(37)30-19(9-10-21(33)34)24(36)31-20(26(38)39)11-16-7-5-4-6-8-16/h4-8,13-15,18-20,22H,3,9-12,27H2,1-2H3,(H,28,29)(H,30,37)(H,31,36)(H,32,35)(H,33,34)(H,38,39). The Kier molecular flexibility index (Phi) is 12.1. The monoisotopic (exact) mass is 544 g/mol. The van der Waals surface area contributed by atoms with E-state index in [1.165, 1.54) is 12.5 Å². The van der Waals surface area contributed by atoms with Gasteiger partial charge in [0, 0.05) is 31.2 Å². The number of carbonyl (C=O) groups is 5. The molecule has 2 rings (SSSR count). The van der Waals surface area contributed by atoms with Crippen molar-refractivity contribution in [2.45, 2.75) is 70.1 Å². The van der Waals surface area contributed by atoms with Gasteiger partial charge >= 0.3 is 11.9 Å². The first-order valence-corrected chi connectivity index (χ1v) is 12.6. The van der Waals surface area contributed by atoms with E-state index in [2.05, 4.69) is 25.9 Å². The van der Waals surface area contributed by atoms with Crippen molar-refractivity contribution in [1.29, 1.82) is 0 Å². The number of nitrogens with zero attached hydrogens (tertiary/aromatic N) is 1. The van der Waals surface area contributed by atoms with Crippen molar-refractivity contribution in [1.82, 2.24) is 25.9 Å². The molecular formula is C26H36N6O7. The molecule has 0 spiro atoms. The average molecular weight is 545 g/mol. The molecule has 13 nitrogen and oxygen atoms in total. The number of hydrogen-bond donors (Lipinski definition) is 7. The number of aliphatic carboxylic acids is 2. The molecule has 8 N–H and O–H groups in total. The summed E-state index contributed by atoms with van der Waals surface area (Å²) in [5.74, 6) is -5.00. The van der Waals surface area contributed by atoms with Crippen molar-refractivity contribution in [3.05, 3.63) is 54.1 Å². The van der Waals surface area contributed by atoms with Gasteiger partial charge in [0.15, 0.2) is 0 Å². The van der Waals surface area contributed by atoms with Crippen LogP contribution in [-0.4, -0.2) is 74.0 Å². The molecule has 0 fully saturated rings. The second kappa shape index (κ2) is 15.2. The number of nitrogens with two attached hydrogens (primary N) is 1. The van der Waals surface area contributed by atoms with E-state index in [1.54, 1.807) is 37.3 Å². The quantitative estimate of drug-likeness (QED) is 0.151. The number of rotatable bonds is 16. The minimum atomic E-state index is -1.35. The largest absolute Gasteiger partial charge is 0.481 e. The fourth-order valence-electron chi connectivity index (χ4n) is 3.81. The third-order valence-electron chi connectivity index (χ3n) is 6.30. The average Bonchev–Trinajstić information content (AvgIpc) is 3.41. The lowest BCUT2D eigenvalue weighted by atomic mass is 9.96. The number of aromatic amines is 1. The molecule has 0 aliphatic heterocycles. The summed E-state index contributed by atoms with van der Waals surface area (Å²) >= 11 is 0. The summed E-state index contributed by atoms with van der Waals surface area (Å²) < 4.78 is 0. The molecule has 0 radical (unpaired) electrons. The van der Waals surface area contributed by atoms with Crippen LogP contribution in [0.3, 0.4) is 0 Å². The Morgan fingerprint density at radius 2 is 1.62 bits per heavy atom. The first-order chi connectivity index (χ1) is 18.5. The summed E-state index contributed by atoms with van der Waals surface area (Å²) in [6.45, 7) is 3.55. The van der Waals surface area contributed by atoms with Crippen LogP contribution >= 0.6 is 0 Å². The Bertz CT molecular complexity index is 1110. The number of H-pyrrole nitrogens is 1. The van der Waals surface area contributed by atoms with Gasteiger partial charge in [-0.15, -0.1) is 0 Å². The summed E-state index contributed by atoms with van der Waals surface area (Å²) in [4.78, 5) is 68.8. The van der Waals surface area contributed by atoms with Crippen molar-refractivity contribution in [3.63, 3.8) is 0 Å². The van der Waals surface area contributed by atoms with Crippen LogP contribution in [-0.2, 0) is 36.8 Å². The second-order valence-electron chi connectivity index (χ2n) is 9.34. The maximum absolute atomic E-state index is 13.3. The summed E-state index contributed by atoms with van der Waals surface area (Å²) in [7, 11) is 0. The smallest absolute Gasteiger partial charge is 0.326 e. The Morgan fingerprint density at radius 1 is 0.949 bits per heavy atom. The highest BCUT2D eigenvalue weighted by molar-refractivity contribution is 5.94. The lowest BCUT2D eigenvalue weighted by molar-refractivity contribution is -0.143. The van der Waals surface area contributed by atoms with Gasteiger partial charge in [-0.3, -0.25) is 19.2 Å². The predicted octanol–water partition coefficient (Wildman–Crippen LogP) is -0.0279. The van der Waals surface area contributed by atoms with Crippen LogP contribution in [0.2, 0.25) is 0 Å². The lowest BCUT2D eigenvalue weighted by Gasteiger charge is -2.28. The minimum Gasteiger partial charge on any atom is -0.481 e. The van der Waals surface area contributed by atoms with Gasteiger partial charge < -0.3 is 36.9 Å². The number of carbonyl (C=O) groups excluding carboxylic acids is 3. The molecule has 5 atom stereocenters. The molecule has 5 unspecified atom stereocenters. The third-order valence-corrected chi connectivity index (χ3v) is 6.30. The Hall–Kier alpha value is -4.26. The SMILES string of the molecule is CCC(C)C(NC(=O)C(N)Cc1cnc[nH]1)C(=O)NC(CCC(=O)O)C(=O)NC(Cc1ccccc1)C(=O)O. The first kappa shape index (κ1) is 31.0. The molecule has 1 aromatic heterocycles. The fraction of sp³-hybridized carbons (Fsp3) is 0.462. The lowest BCUT2D eigenvalue weighted by Crippen LogP contribution is -2.59.